The fourth-order valence-corrected chi connectivity index (χ4v) is 1.66. The molecule has 1 aromatic carbocycles. The van der Waals surface area contributed by atoms with E-state index in [1.54, 1.807) is 24.4 Å². The minimum atomic E-state index is -0.518. The average Bonchev–Trinajstić information content (AvgIpc) is 2.92. The molecule has 0 amide bonds. The predicted molar refractivity (Wildman–Crippen MR) is 67.3 cm³/mol. The smallest absolute Gasteiger partial charge is 0.260 e. The lowest BCUT2D eigenvalue weighted by molar-refractivity contribution is 0.432. The summed E-state index contributed by atoms with van der Waals surface area (Å²) in [6, 6.07) is 9.78. The predicted octanol–water partition coefficient (Wildman–Crippen LogP) is 2.52. The van der Waals surface area contributed by atoms with Crippen LogP contribution in [0.4, 0.5) is 10.1 Å². The standard InChI is InChI=1S/C13H9FN4O/c14-9-5-3-4-8(11(9)15)13-17-12(18-19-13)10-6-1-2-7-16-10/h1-7H,15H2. The third-order valence-corrected chi connectivity index (χ3v) is 2.60. The summed E-state index contributed by atoms with van der Waals surface area (Å²) in [6.07, 6.45) is 1.63. The summed E-state index contributed by atoms with van der Waals surface area (Å²) in [5, 5.41) is 3.81. The maximum Gasteiger partial charge on any atom is 0.260 e. The monoisotopic (exact) mass is 256 g/mol. The van der Waals surface area contributed by atoms with E-state index in [0.717, 1.165) is 0 Å². The first-order valence-corrected chi connectivity index (χ1v) is 5.55. The topological polar surface area (TPSA) is 77.8 Å². The van der Waals surface area contributed by atoms with Gasteiger partial charge in [0.2, 0.25) is 5.82 Å². The molecule has 0 saturated heterocycles. The molecule has 3 rings (SSSR count). The van der Waals surface area contributed by atoms with Crippen molar-refractivity contribution in [3.63, 3.8) is 0 Å². The van der Waals surface area contributed by atoms with Crippen molar-refractivity contribution in [2.24, 2.45) is 0 Å². The Bertz CT molecular complexity index is 712. The zero-order valence-corrected chi connectivity index (χ0v) is 9.75. The van der Waals surface area contributed by atoms with Gasteiger partial charge in [0.05, 0.1) is 11.3 Å². The SMILES string of the molecule is Nc1c(F)cccc1-c1nc(-c2ccccn2)no1. The van der Waals surface area contributed by atoms with Crippen molar-refractivity contribution < 1.29 is 8.91 Å². The maximum absolute atomic E-state index is 13.4. The number of pyridine rings is 1. The van der Waals surface area contributed by atoms with Crippen LogP contribution in [0.3, 0.4) is 0 Å². The van der Waals surface area contributed by atoms with Gasteiger partial charge in [0.25, 0.3) is 5.89 Å². The van der Waals surface area contributed by atoms with Crippen molar-refractivity contribution in [3.8, 4) is 23.0 Å². The Balaban J connectivity index is 2.05. The van der Waals surface area contributed by atoms with Crippen molar-refractivity contribution >= 4 is 5.69 Å². The summed E-state index contributed by atoms with van der Waals surface area (Å²) in [5.41, 5.74) is 6.58. The molecule has 94 valence electrons. The van der Waals surface area contributed by atoms with Crippen LogP contribution in [-0.4, -0.2) is 15.1 Å². The second-order valence-corrected chi connectivity index (χ2v) is 3.84. The summed E-state index contributed by atoms with van der Waals surface area (Å²) >= 11 is 0. The number of nitrogens with zero attached hydrogens (tertiary/aromatic N) is 3. The average molecular weight is 256 g/mol. The highest BCUT2D eigenvalue weighted by Gasteiger charge is 2.15. The first-order chi connectivity index (χ1) is 9.25. The van der Waals surface area contributed by atoms with Gasteiger partial charge in [0.1, 0.15) is 11.5 Å². The fraction of sp³-hybridized carbons (Fsp3) is 0. The van der Waals surface area contributed by atoms with E-state index in [0.29, 0.717) is 17.1 Å². The number of hydrogen-bond donors (Lipinski definition) is 1. The lowest BCUT2D eigenvalue weighted by Crippen LogP contribution is -1.94. The normalized spacial score (nSPS) is 10.6. The molecule has 0 aliphatic heterocycles. The lowest BCUT2D eigenvalue weighted by Gasteiger charge is -2.00. The molecule has 0 aliphatic rings. The van der Waals surface area contributed by atoms with Crippen molar-refractivity contribution in [2.45, 2.75) is 0 Å². The van der Waals surface area contributed by atoms with Gasteiger partial charge >= 0.3 is 0 Å². The second kappa shape index (κ2) is 4.49. The third-order valence-electron chi connectivity index (χ3n) is 2.60. The van der Waals surface area contributed by atoms with Crippen LogP contribution in [0.1, 0.15) is 0 Å². The van der Waals surface area contributed by atoms with Crippen LogP contribution in [0.25, 0.3) is 23.0 Å². The van der Waals surface area contributed by atoms with Crippen LogP contribution in [0, 0.1) is 5.82 Å². The van der Waals surface area contributed by atoms with Gasteiger partial charge in [-0.3, -0.25) is 4.98 Å². The van der Waals surface area contributed by atoms with E-state index in [1.807, 2.05) is 6.07 Å². The lowest BCUT2D eigenvalue weighted by atomic mass is 10.2. The highest BCUT2D eigenvalue weighted by Crippen LogP contribution is 2.27. The van der Waals surface area contributed by atoms with Gasteiger partial charge in [-0.05, 0) is 24.3 Å². The van der Waals surface area contributed by atoms with E-state index >= 15 is 0 Å². The van der Waals surface area contributed by atoms with E-state index in [-0.39, 0.29) is 11.6 Å². The minimum absolute atomic E-state index is 0.0151. The van der Waals surface area contributed by atoms with Crippen LogP contribution < -0.4 is 5.73 Å². The first kappa shape index (κ1) is 11.3. The number of benzene rings is 1. The molecule has 2 N–H and O–H groups in total. The van der Waals surface area contributed by atoms with Crippen LogP contribution >= 0.6 is 0 Å². The Morgan fingerprint density at radius 1 is 1.11 bits per heavy atom. The van der Waals surface area contributed by atoms with Crippen molar-refractivity contribution in [1.29, 1.82) is 0 Å². The Morgan fingerprint density at radius 2 is 2.00 bits per heavy atom. The molecule has 0 fully saturated rings. The minimum Gasteiger partial charge on any atom is -0.396 e. The van der Waals surface area contributed by atoms with E-state index in [2.05, 4.69) is 15.1 Å². The molecule has 6 heteroatoms. The Labute approximate surface area is 107 Å². The number of rotatable bonds is 2. The van der Waals surface area contributed by atoms with Gasteiger partial charge < -0.3 is 10.3 Å². The second-order valence-electron chi connectivity index (χ2n) is 3.84. The zero-order valence-electron chi connectivity index (χ0n) is 9.75. The quantitative estimate of drug-likeness (QED) is 0.713. The summed E-state index contributed by atoms with van der Waals surface area (Å²) < 4.78 is 18.5. The number of halogens is 1. The largest absolute Gasteiger partial charge is 0.396 e. The molecule has 0 unspecified atom stereocenters. The maximum atomic E-state index is 13.4. The summed E-state index contributed by atoms with van der Waals surface area (Å²) in [5.74, 6) is -0.0213. The Morgan fingerprint density at radius 3 is 2.79 bits per heavy atom. The summed E-state index contributed by atoms with van der Waals surface area (Å²) in [4.78, 5) is 8.27. The third kappa shape index (κ3) is 2.03. The molecule has 2 aromatic heterocycles. The number of hydrogen-bond acceptors (Lipinski definition) is 5. The molecule has 2 heterocycles. The summed E-state index contributed by atoms with van der Waals surface area (Å²) in [7, 11) is 0. The van der Waals surface area contributed by atoms with Gasteiger partial charge in [-0.2, -0.15) is 4.98 Å². The van der Waals surface area contributed by atoms with E-state index in [1.165, 1.54) is 12.1 Å². The van der Waals surface area contributed by atoms with Crippen molar-refractivity contribution in [1.82, 2.24) is 15.1 Å². The molecule has 19 heavy (non-hydrogen) atoms. The molecule has 3 aromatic rings. The molecule has 0 saturated carbocycles. The van der Waals surface area contributed by atoms with Crippen LogP contribution in [0.2, 0.25) is 0 Å². The van der Waals surface area contributed by atoms with Crippen LogP contribution in [0.5, 0.6) is 0 Å². The van der Waals surface area contributed by atoms with E-state index in [4.69, 9.17) is 10.3 Å². The number of nitrogen functional groups attached to an aromatic ring is 1. The number of aromatic nitrogens is 3. The molecule has 0 atom stereocenters. The van der Waals surface area contributed by atoms with Crippen molar-refractivity contribution in [2.75, 3.05) is 5.73 Å². The molecular formula is C13H9FN4O. The fourth-order valence-electron chi connectivity index (χ4n) is 1.66. The number of anilines is 1. The van der Waals surface area contributed by atoms with Gasteiger partial charge in [-0.15, -0.1) is 0 Å². The van der Waals surface area contributed by atoms with Crippen LogP contribution in [-0.2, 0) is 0 Å². The zero-order chi connectivity index (χ0) is 13.2. The van der Waals surface area contributed by atoms with Crippen LogP contribution in [0.15, 0.2) is 47.1 Å². The first-order valence-electron chi connectivity index (χ1n) is 5.55. The molecule has 0 aliphatic carbocycles. The number of para-hydroxylation sites is 1. The summed E-state index contributed by atoms with van der Waals surface area (Å²) in [6.45, 7) is 0. The highest BCUT2D eigenvalue weighted by molar-refractivity contribution is 5.71. The Hall–Kier alpha value is -2.76. The van der Waals surface area contributed by atoms with E-state index in [9.17, 15) is 4.39 Å². The van der Waals surface area contributed by atoms with Gasteiger partial charge in [0, 0.05) is 6.20 Å². The Kier molecular flexibility index (Phi) is 2.68. The molecule has 0 bridgehead atoms. The molecule has 5 nitrogen and oxygen atoms in total. The molecule has 0 spiro atoms. The molecular weight excluding hydrogens is 247 g/mol. The van der Waals surface area contributed by atoms with Gasteiger partial charge in [-0.1, -0.05) is 17.3 Å². The van der Waals surface area contributed by atoms with E-state index < -0.39 is 5.82 Å². The highest BCUT2D eigenvalue weighted by atomic mass is 19.1. The van der Waals surface area contributed by atoms with Gasteiger partial charge in [0.15, 0.2) is 0 Å². The van der Waals surface area contributed by atoms with Gasteiger partial charge in [-0.25, -0.2) is 4.39 Å². The van der Waals surface area contributed by atoms with Crippen molar-refractivity contribution in [3.05, 3.63) is 48.4 Å². The number of nitrogens with two attached hydrogens (primary N) is 1. The molecule has 0 radical (unpaired) electrons.